The molecule has 2 aromatic carbocycles. The Kier molecular flexibility index (Phi) is 7.60. The number of thioether (sulfide) groups is 1. The third-order valence-corrected chi connectivity index (χ3v) is 5.53. The van der Waals surface area contributed by atoms with E-state index in [4.69, 9.17) is 10.00 Å². The van der Waals surface area contributed by atoms with Crippen LogP contribution in [0.15, 0.2) is 59.8 Å². The molecule has 0 aliphatic heterocycles. The third-order valence-electron chi connectivity index (χ3n) is 4.45. The monoisotopic (exact) mass is 421 g/mol. The predicted octanol–water partition coefficient (Wildman–Crippen LogP) is 3.51. The number of nitriles is 1. The van der Waals surface area contributed by atoms with Crippen molar-refractivity contribution in [3.8, 4) is 6.07 Å². The number of amides is 1. The summed E-state index contributed by atoms with van der Waals surface area (Å²) in [6, 6.07) is 18.9. The number of benzene rings is 2. The summed E-state index contributed by atoms with van der Waals surface area (Å²) in [6.07, 6.45) is 0.657. The standard InChI is InChI=1S/C22H23N5O2S/c1-16(21(28)24-19-10-8-18(15-23)9-11-19)30-22-26-25-20(27(22)12-13-29-2)14-17-6-4-3-5-7-17/h3-11,16H,12-14H2,1-2H3,(H,24,28)/t16-/m1/s1. The smallest absolute Gasteiger partial charge is 0.237 e. The van der Waals surface area contributed by atoms with E-state index in [2.05, 4.69) is 33.7 Å². The molecular weight excluding hydrogens is 398 g/mol. The highest BCUT2D eigenvalue weighted by atomic mass is 32.2. The van der Waals surface area contributed by atoms with Gasteiger partial charge in [0.25, 0.3) is 0 Å². The van der Waals surface area contributed by atoms with Crippen LogP contribution in [0.5, 0.6) is 0 Å². The van der Waals surface area contributed by atoms with Crippen LogP contribution in [0.3, 0.4) is 0 Å². The molecule has 1 heterocycles. The maximum absolute atomic E-state index is 12.6. The van der Waals surface area contributed by atoms with Gasteiger partial charge < -0.3 is 14.6 Å². The molecule has 0 aliphatic carbocycles. The zero-order valence-corrected chi connectivity index (χ0v) is 17.7. The van der Waals surface area contributed by atoms with Crippen LogP contribution in [0.1, 0.15) is 23.9 Å². The van der Waals surface area contributed by atoms with E-state index in [0.29, 0.717) is 36.0 Å². The minimum absolute atomic E-state index is 0.143. The Bertz CT molecular complexity index is 1010. The van der Waals surface area contributed by atoms with Crippen molar-refractivity contribution in [2.45, 2.75) is 30.3 Å². The summed E-state index contributed by atoms with van der Waals surface area (Å²) in [4.78, 5) is 12.6. The summed E-state index contributed by atoms with van der Waals surface area (Å²) in [5, 5.41) is 20.7. The Morgan fingerprint density at radius 2 is 1.93 bits per heavy atom. The Morgan fingerprint density at radius 1 is 1.20 bits per heavy atom. The average molecular weight is 422 g/mol. The molecule has 30 heavy (non-hydrogen) atoms. The molecule has 0 aliphatic rings. The second kappa shape index (κ2) is 10.6. The van der Waals surface area contributed by atoms with E-state index in [9.17, 15) is 4.79 Å². The number of hydrogen-bond donors (Lipinski definition) is 1. The first-order valence-electron chi connectivity index (χ1n) is 9.53. The molecule has 0 saturated carbocycles. The molecule has 0 bridgehead atoms. The molecule has 0 spiro atoms. The van der Waals surface area contributed by atoms with Crippen LogP contribution in [0, 0.1) is 11.3 Å². The molecular formula is C22H23N5O2S. The largest absolute Gasteiger partial charge is 0.383 e. The lowest BCUT2D eigenvalue weighted by Gasteiger charge is -2.14. The highest BCUT2D eigenvalue weighted by Crippen LogP contribution is 2.24. The van der Waals surface area contributed by atoms with E-state index in [1.807, 2.05) is 29.7 Å². The van der Waals surface area contributed by atoms with Crippen LogP contribution >= 0.6 is 11.8 Å². The van der Waals surface area contributed by atoms with Crippen molar-refractivity contribution in [2.24, 2.45) is 0 Å². The molecule has 0 unspecified atom stereocenters. The second-order valence-corrected chi connectivity index (χ2v) is 7.95. The summed E-state index contributed by atoms with van der Waals surface area (Å²) in [7, 11) is 1.65. The number of anilines is 1. The van der Waals surface area contributed by atoms with Gasteiger partial charge in [-0.1, -0.05) is 42.1 Å². The van der Waals surface area contributed by atoms with Gasteiger partial charge in [-0.15, -0.1) is 10.2 Å². The molecule has 3 rings (SSSR count). The zero-order chi connectivity index (χ0) is 21.3. The van der Waals surface area contributed by atoms with Gasteiger partial charge in [0, 0.05) is 25.8 Å². The molecule has 1 amide bonds. The summed E-state index contributed by atoms with van der Waals surface area (Å²) in [6.45, 7) is 2.97. The second-order valence-electron chi connectivity index (χ2n) is 6.64. The third kappa shape index (κ3) is 5.69. The summed E-state index contributed by atoms with van der Waals surface area (Å²) >= 11 is 1.36. The topological polar surface area (TPSA) is 92.8 Å². The number of nitrogens with zero attached hydrogens (tertiary/aromatic N) is 4. The van der Waals surface area contributed by atoms with Crippen molar-refractivity contribution >= 4 is 23.4 Å². The number of methoxy groups -OCH3 is 1. The molecule has 154 valence electrons. The maximum atomic E-state index is 12.6. The Hall–Kier alpha value is -3.15. The van der Waals surface area contributed by atoms with E-state index in [-0.39, 0.29) is 11.2 Å². The molecule has 7 nitrogen and oxygen atoms in total. The van der Waals surface area contributed by atoms with Gasteiger partial charge in [-0.05, 0) is 36.8 Å². The number of carbonyl (C=O) groups is 1. The minimum atomic E-state index is -0.379. The Morgan fingerprint density at radius 3 is 2.60 bits per heavy atom. The molecule has 0 saturated heterocycles. The predicted molar refractivity (Wildman–Crippen MR) is 116 cm³/mol. The maximum Gasteiger partial charge on any atom is 0.237 e. The van der Waals surface area contributed by atoms with Gasteiger partial charge in [0.05, 0.1) is 23.5 Å². The lowest BCUT2D eigenvalue weighted by molar-refractivity contribution is -0.115. The van der Waals surface area contributed by atoms with Crippen LogP contribution in [-0.4, -0.2) is 39.6 Å². The lowest BCUT2D eigenvalue weighted by atomic mass is 10.1. The first-order chi connectivity index (χ1) is 14.6. The summed E-state index contributed by atoms with van der Waals surface area (Å²) in [5.41, 5.74) is 2.34. The van der Waals surface area contributed by atoms with E-state index in [1.54, 1.807) is 31.4 Å². The molecule has 3 aromatic rings. The van der Waals surface area contributed by atoms with Crippen molar-refractivity contribution in [1.29, 1.82) is 5.26 Å². The molecule has 1 aromatic heterocycles. The number of ether oxygens (including phenoxy) is 1. The highest BCUT2D eigenvalue weighted by Gasteiger charge is 2.20. The molecule has 1 atom stereocenters. The van der Waals surface area contributed by atoms with Crippen LogP contribution < -0.4 is 5.32 Å². The van der Waals surface area contributed by atoms with Crippen LogP contribution in [-0.2, 0) is 22.5 Å². The van der Waals surface area contributed by atoms with E-state index in [1.165, 1.54) is 11.8 Å². The minimum Gasteiger partial charge on any atom is -0.383 e. The van der Waals surface area contributed by atoms with Gasteiger partial charge in [0.15, 0.2) is 5.16 Å². The van der Waals surface area contributed by atoms with Crippen LogP contribution in [0.25, 0.3) is 0 Å². The first kappa shape index (κ1) is 21.6. The molecule has 8 heteroatoms. The van der Waals surface area contributed by atoms with Gasteiger partial charge in [0.2, 0.25) is 5.91 Å². The fourth-order valence-corrected chi connectivity index (χ4v) is 3.70. The Balaban J connectivity index is 1.70. The van der Waals surface area contributed by atoms with Gasteiger partial charge in [-0.3, -0.25) is 4.79 Å². The van der Waals surface area contributed by atoms with Gasteiger partial charge in [0.1, 0.15) is 5.82 Å². The van der Waals surface area contributed by atoms with Crippen LogP contribution in [0.4, 0.5) is 5.69 Å². The van der Waals surface area contributed by atoms with E-state index in [0.717, 1.165) is 11.4 Å². The normalized spacial score (nSPS) is 11.6. The van der Waals surface area contributed by atoms with Crippen molar-refractivity contribution in [3.05, 3.63) is 71.5 Å². The van der Waals surface area contributed by atoms with Gasteiger partial charge in [-0.25, -0.2) is 0 Å². The van der Waals surface area contributed by atoms with Crippen LogP contribution in [0.2, 0.25) is 0 Å². The SMILES string of the molecule is COCCn1c(Cc2ccccc2)nnc1S[C@H](C)C(=O)Nc1ccc(C#N)cc1. The average Bonchev–Trinajstić information content (AvgIpc) is 3.14. The zero-order valence-electron chi connectivity index (χ0n) is 16.9. The van der Waals surface area contributed by atoms with E-state index < -0.39 is 0 Å². The summed E-state index contributed by atoms with van der Waals surface area (Å²) < 4.78 is 7.24. The number of nitrogens with one attached hydrogen (secondary N) is 1. The highest BCUT2D eigenvalue weighted by molar-refractivity contribution is 8.00. The number of rotatable bonds is 9. The van der Waals surface area contributed by atoms with Gasteiger partial charge in [-0.2, -0.15) is 5.26 Å². The van der Waals surface area contributed by atoms with Crippen molar-refractivity contribution in [2.75, 3.05) is 19.0 Å². The number of hydrogen-bond acceptors (Lipinski definition) is 6. The molecule has 0 radical (unpaired) electrons. The van der Waals surface area contributed by atoms with Crippen molar-refractivity contribution in [3.63, 3.8) is 0 Å². The molecule has 0 fully saturated rings. The van der Waals surface area contributed by atoms with Crippen molar-refractivity contribution in [1.82, 2.24) is 14.8 Å². The Labute approximate surface area is 180 Å². The lowest BCUT2D eigenvalue weighted by Crippen LogP contribution is -2.23. The van der Waals surface area contributed by atoms with Gasteiger partial charge >= 0.3 is 0 Å². The summed E-state index contributed by atoms with van der Waals surface area (Å²) in [5.74, 6) is 0.691. The first-order valence-corrected chi connectivity index (χ1v) is 10.4. The fourth-order valence-electron chi connectivity index (χ4n) is 2.81. The van der Waals surface area contributed by atoms with Crippen molar-refractivity contribution < 1.29 is 9.53 Å². The quantitative estimate of drug-likeness (QED) is 0.532. The molecule has 1 N–H and O–H groups in total. The fraction of sp³-hybridized carbons (Fsp3) is 0.273. The number of carbonyl (C=O) groups excluding carboxylic acids is 1. The van der Waals surface area contributed by atoms with E-state index >= 15 is 0 Å². The number of aromatic nitrogens is 3.